The molecule has 0 aliphatic carbocycles. The van der Waals surface area contributed by atoms with Crippen LogP contribution in [-0.4, -0.2) is 72.3 Å². The number of hydrogen-bond donors (Lipinski definition) is 1. The Bertz CT molecular complexity index is 861. The molecule has 9 heteroatoms. The van der Waals surface area contributed by atoms with Gasteiger partial charge in [0.1, 0.15) is 0 Å². The van der Waals surface area contributed by atoms with Crippen molar-refractivity contribution < 1.29 is 20.5 Å². The maximum absolute atomic E-state index is 13.3. The molecule has 8 nitrogen and oxygen atoms in total. The van der Waals surface area contributed by atoms with Gasteiger partial charge in [-0.3, -0.25) is 19.4 Å². The Morgan fingerprint density at radius 2 is 1.82 bits per heavy atom. The Balaban J connectivity index is 0.00000140. The van der Waals surface area contributed by atoms with Crippen LogP contribution in [0.2, 0.25) is 0 Å². The molecule has 2 aliphatic rings. The van der Waals surface area contributed by atoms with Gasteiger partial charge >= 0.3 is 0 Å². The third-order valence-corrected chi connectivity index (χ3v) is 5.91. The molecular weight excluding hydrogens is 380 g/mol. The SMILES string of the molecule is Cc1scc2c1N(C(=O)CN1CCN(C)CC1)c1ccccc1NC2=O.O.O. The quantitative estimate of drug-likeness (QED) is 0.796. The molecule has 152 valence electrons. The molecule has 0 saturated carbocycles. The van der Waals surface area contributed by atoms with Gasteiger partial charge in [-0.2, -0.15) is 0 Å². The number of anilines is 3. The second-order valence-electron chi connectivity index (χ2n) is 6.83. The number of likely N-dealkylation sites (N-methyl/N-ethyl adjacent to an activating group) is 1. The highest BCUT2D eigenvalue weighted by molar-refractivity contribution is 7.11. The standard InChI is InChI=1S/C19H22N4O2S.2H2O/c1-13-18-14(12-26-13)19(25)20-15-5-3-4-6-16(15)23(18)17(24)11-22-9-7-21(2)8-10-22;;/h3-6,12H,7-11H2,1-2H3,(H,20,25);2*1H2. The number of benzene rings is 1. The zero-order valence-corrected chi connectivity index (χ0v) is 16.8. The molecule has 0 radical (unpaired) electrons. The van der Waals surface area contributed by atoms with Crippen LogP contribution < -0.4 is 10.2 Å². The van der Waals surface area contributed by atoms with Gasteiger partial charge in [-0.15, -0.1) is 11.3 Å². The molecule has 28 heavy (non-hydrogen) atoms. The van der Waals surface area contributed by atoms with Crippen LogP contribution in [0, 0.1) is 6.92 Å². The molecule has 1 fully saturated rings. The van der Waals surface area contributed by atoms with Crippen LogP contribution >= 0.6 is 11.3 Å². The maximum atomic E-state index is 13.3. The third kappa shape index (κ3) is 3.94. The summed E-state index contributed by atoms with van der Waals surface area (Å²) in [6.07, 6.45) is 0. The fourth-order valence-electron chi connectivity index (χ4n) is 3.50. The number of thiophene rings is 1. The molecule has 0 unspecified atom stereocenters. The van der Waals surface area contributed by atoms with Crippen LogP contribution in [0.15, 0.2) is 29.6 Å². The Hall–Kier alpha value is -2.30. The topological polar surface area (TPSA) is 119 Å². The summed E-state index contributed by atoms with van der Waals surface area (Å²) in [4.78, 5) is 33.1. The van der Waals surface area contributed by atoms with Crippen molar-refractivity contribution in [2.75, 3.05) is 50.0 Å². The average Bonchev–Trinajstić information content (AvgIpc) is 2.94. The number of hydrogen-bond acceptors (Lipinski definition) is 5. The van der Waals surface area contributed by atoms with Crippen molar-refractivity contribution in [2.24, 2.45) is 0 Å². The minimum absolute atomic E-state index is 0. The van der Waals surface area contributed by atoms with Crippen LogP contribution in [0.1, 0.15) is 15.2 Å². The largest absolute Gasteiger partial charge is 0.412 e. The second kappa shape index (κ2) is 8.80. The van der Waals surface area contributed by atoms with Gasteiger partial charge < -0.3 is 21.2 Å². The predicted octanol–water partition coefficient (Wildman–Crippen LogP) is 0.885. The molecule has 0 bridgehead atoms. The highest BCUT2D eigenvalue weighted by Gasteiger charge is 2.32. The fourth-order valence-corrected chi connectivity index (χ4v) is 4.33. The lowest BCUT2D eigenvalue weighted by Crippen LogP contribution is -2.48. The summed E-state index contributed by atoms with van der Waals surface area (Å²) < 4.78 is 0. The van der Waals surface area contributed by atoms with E-state index in [1.807, 2.05) is 36.6 Å². The highest BCUT2D eigenvalue weighted by atomic mass is 32.1. The minimum atomic E-state index is -0.160. The van der Waals surface area contributed by atoms with Crippen molar-refractivity contribution in [1.82, 2.24) is 9.80 Å². The molecule has 1 aromatic heterocycles. The van der Waals surface area contributed by atoms with Crippen LogP contribution in [0.4, 0.5) is 17.1 Å². The molecule has 2 aliphatic heterocycles. The lowest BCUT2D eigenvalue weighted by molar-refractivity contribution is -0.119. The van der Waals surface area contributed by atoms with E-state index >= 15 is 0 Å². The number of aryl methyl sites for hydroxylation is 1. The molecule has 1 aromatic carbocycles. The first-order valence-corrected chi connectivity index (χ1v) is 9.65. The van der Waals surface area contributed by atoms with E-state index in [1.165, 1.54) is 11.3 Å². The molecule has 3 heterocycles. The van der Waals surface area contributed by atoms with E-state index in [9.17, 15) is 9.59 Å². The van der Waals surface area contributed by atoms with Gasteiger partial charge in [-0.05, 0) is 26.1 Å². The van der Waals surface area contributed by atoms with Gasteiger partial charge in [0.2, 0.25) is 5.91 Å². The van der Waals surface area contributed by atoms with E-state index in [2.05, 4.69) is 22.2 Å². The van der Waals surface area contributed by atoms with Crippen LogP contribution in [0.3, 0.4) is 0 Å². The Morgan fingerprint density at radius 1 is 1.14 bits per heavy atom. The molecule has 0 spiro atoms. The number of carbonyl (C=O) groups is 2. The first-order valence-electron chi connectivity index (χ1n) is 8.77. The summed E-state index contributed by atoms with van der Waals surface area (Å²) in [5, 5.41) is 4.78. The number of rotatable bonds is 2. The minimum Gasteiger partial charge on any atom is -0.412 e. The number of fused-ring (bicyclic) bond motifs is 2. The van der Waals surface area contributed by atoms with Gasteiger partial charge in [0, 0.05) is 36.4 Å². The molecule has 4 rings (SSSR count). The van der Waals surface area contributed by atoms with E-state index in [4.69, 9.17) is 0 Å². The van der Waals surface area contributed by atoms with Crippen molar-refractivity contribution in [3.63, 3.8) is 0 Å². The molecule has 2 amide bonds. The van der Waals surface area contributed by atoms with Crippen LogP contribution in [0.5, 0.6) is 0 Å². The summed E-state index contributed by atoms with van der Waals surface area (Å²) in [5.41, 5.74) is 2.69. The predicted molar refractivity (Wildman–Crippen MR) is 112 cm³/mol. The van der Waals surface area contributed by atoms with Crippen LogP contribution in [0.25, 0.3) is 0 Å². The second-order valence-corrected chi connectivity index (χ2v) is 7.92. The monoisotopic (exact) mass is 406 g/mol. The van der Waals surface area contributed by atoms with E-state index in [-0.39, 0.29) is 22.8 Å². The number of para-hydroxylation sites is 2. The number of amides is 2. The van der Waals surface area contributed by atoms with Crippen molar-refractivity contribution in [3.05, 3.63) is 40.1 Å². The molecule has 2 aromatic rings. The highest BCUT2D eigenvalue weighted by Crippen LogP contribution is 2.42. The smallest absolute Gasteiger partial charge is 0.258 e. The Morgan fingerprint density at radius 3 is 2.54 bits per heavy atom. The summed E-state index contributed by atoms with van der Waals surface area (Å²) in [5.74, 6) is -0.159. The van der Waals surface area contributed by atoms with E-state index in [0.29, 0.717) is 17.8 Å². The van der Waals surface area contributed by atoms with Gasteiger partial charge in [0.25, 0.3) is 5.91 Å². The van der Waals surface area contributed by atoms with Crippen molar-refractivity contribution in [2.45, 2.75) is 6.92 Å². The van der Waals surface area contributed by atoms with E-state index in [0.717, 1.165) is 42.4 Å². The number of piperazine rings is 1. The summed E-state index contributed by atoms with van der Waals surface area (Å²) in [6, 6.07) is 7.50. The van der Waals surface area contributed by atoms with Crippen molar-refractivity contribution >= 4 is 40.2 Å². The number of nitrogens with zero attached hydrogens (tertiary/aromatic N) is 3. The molecule has 1 saturated heterocycles. The van der Waals surface area contributed by atoms with Gasteiger partial charge in [-0.1, -0.05) is 12.1 Å². The lowest BCUT2D eigenvalue weighted by Gasteiger charge is -2.33. The number of carbonyl (C=O) groups excluding carboxylic acids is 2. The maximum Gasteiger partial charge on any atom is 0.258 e. The van der Waals surface area contributed by atoms with Gasteiger partial charge in [-0.25, -0.2) is 0 Å². The normalized spacial score (nSPS) is 16.8. The molecular formula is C19H26N4O4S. The average molecular weight is 407 g/mol. The van der Waals surface area contributed by atoms with Crippen molar-refractivity contribution in [1.29, 1.82) is 0 Å². The molecule has 5 N–H and O–H groups in total. The van der Waals surface area contributed by atoms with Crippen LogP contribution in [-0.2, 0) is 4.79 Å². The van der Waals surface area contributed by atoms with E-state index < -0.39 is 0 Å². The van der Waals surface area contributed by atoms with Crippen molar-refractivity contribution in [3.8, 4) is 0 Å². The zero-order valence-electron chi connectivity index (χ0n) is 16.0. The summed E-state index contributed by atoms with van der Waals surface area (Å²) >= 11 is 1.50. The summed E-state index contributed by atoms with van der Waals surface area (Å²) in [6.45, 7) is 6.00. The van der Waals surface area contributed by atoms with E-state index in [1.54, 1.807) is 4.90 Å². The lowest BCUT2D eigenvalue weighted by atomic mass is 10.2. The summed E-state index contributed by atoms with van der Waals surface area (Å²) in [7, 11) is 2.10. The zero-order chi connectivity index (χ0) is 18.3. The Kier molecular flexibility index (Phi) is 6.91. The molecule has 0 atom stereocenters. The van der Waals surface area contributed by atoms with Gasteiger partial charge in [0.15, 0.2) is 0 Å². The first-order chi connectivity index (χ1) is 12.5. The third-order valence-electron chi connectivity index (χ3n) is 5.01. The Labute approximate surface area is 168 Å². The van der Waals surface area contributed by atoms with Gasteiger partial charge in [0.05, 0.1) is 29.2 Å². The number of nitrogens with one attached hydrogen (secondary N) is 1. The first kappa shape index (κ1) is 22.0. The fraction of sp³-hybridized carbons (Fsp3) is 0.368.